The summed E-state index contributed by atoms with van der Waals surface area (Å²) >= 11 is 0. The van der Waals surface area contributed by atoms with Crippen LogP contribution in [0.1, 0.15) is 18.4 Å². The van der Waals surface area contributed by atoms with Gasteiger partial charge in [-0.2, -0.15) is 0 Å². The molecule has 20 heavy (non-hydrogen) atoms. The molecule has 0 aliphatic carbocycles. The molecule has 0 aromatic heterocycles. The molecular formula is C15H22FN3O. The zero-order valence-electron chi connectivity index (χ0n) is 12.1. The average molecular weight is 279 g/mol. The molecule has 4 nitrogen and oxygen atoms in total. The monoisotopic (exact) mass is 279 g/mol. The molecule has 0 saturated carbocycles. The van der Waals surface area contributed by atoms with E-state index in [0.717, 1.165) is 31.5 Å². The molecule has 0 bridgehead atoms. The Bertz CT molecular complexity index is 456. The lowest BCUT2D eigenvalue weighted by Crippen LogP contribution is -2.47. The van der Waals surface area contributed by atoms with Crippen LogP contribution in [0, 0.1) is 5.82 Å². The molecular weight excluding hydrogens is 257 g/mol. The van der Waals surface area contributed by atoms with E-state index < -0.39 is 0 Å². The van der Waals surface area contributed by atoms with Crippen LogP contribution < -0.4 is 5.32 Å². The number of carbonyl (C=O) groups excluding carboxylic acids is 1. The first-order valence-electron chi connectivity index (χ1n) is 7.00. The Kier molecular flexibility index (Phi) is 4.95. The highest BCUT2D eigenvalue weighted by molar-refractivity contribution is 5.73. The van der Waals surface area contributed by atoms with Crippen LogP contribution in [0.3, 0.4) is 0 Å². The number of nitrogens with zero attached hydrogens (tertiary/aromatic N) is 2. The number of piperidine rings is 1. The van der Waals surface area contributed by atoms with Gasteiger partial charge in [0.25, 0.3) is 0 Å². The van der Waals surface area contributed by atoms with Crippen LogP contribution in [0.15, 0.2) is 24.3 Å². The highest BCUT2D eigenvalue weighted by Gasteiger charge is 2.23. The molecule has 1 aromatic carbocycles. The van der Waals surface area contributed by atoms with Crippen molar-refractivity contribution < 1.29 is 9.18 Å². The van der Waals surface area contributed by atoms with Gasteiger partial charge in [-0.3, -0.25) is 0 Å². The maximum Gasteiger partial charge on any atom is 0.319 e. The van der Waals surface area contributed by atoms with E-state index >= 15 is 0 Å². The SMILES string of the molecule is CN(C)C(=O)N1CCC(NCc2cccc(F)c2)CC1. The number of likely N-dealkylation sites (tertiary alicyclic amines) is 1. The quantitative estimate of drug-likeness (QED) is 0.919. The Morgan fingerprint density at radius 3 is 2.70 bits per heavy atom. The number of hydrogen-bond acceptors (Lipinski definition) is 2. The standard InChI is InChI=1S/C15H22FN3O/c1-18(2)15(20)19-8-6-14(7-9-19)17-11-12-4-3-5-13(16)10-12/h3-5,10,14,17H,6-9,11H2,1-2H3. The highest BCUT2D eigenvalue weighted by Crippen LogP contribution is 2.12. The lowest BCUT2D eigenvalue weighted by molar-refractivity contribution is 0.152. The third kappa shape index (κ3) is 3.93. The number of hydrogen-bond donors (Lipinski definition) is 1. The van der Waals surface area contributed by atoms with Gasteiger partial charge in [0.2, 0.25) is 0 Å². The molecule has 1 aliphatic rings. The molecule has 1 saturated heterocycles. The molecule has 0 atom stereocenters. The molecule has 0 spiro atoms. The number of rotatable bonds is 3. The number of benzene rings is 1. The van der Waals surface area contributed by atoms with Crippen molar-refractivity contribution in [1.29, 1.82) is 0 Å². The first kappa shape index (κ1) is 14.8. The predicted octanol–water partition coefficient (Wildman–Crippen LogP) is 2.06. The van der Waals surface area contributed by atoms with Gasteiger partial charge in [0.05, 0.1) is 0 Å². The largest absolute Gasteiger partial charge is 0.331 e. The third-order valence-electron chi connectivity index (χ3n) is 3.63. The second-order valence-corrected chi connectivity index (χ2v) is 5.45. The van der Waals surface area contributed by atoms with Gasteiger partial charge in [0.1, 0.15) is 5.82 Å². The van der Waals surface area contributed by atoms with Crippen molar-refractivity contribution in [1.82, 2.24) is 15.1 Å². The van der Waals surface area contributed by atoms with Crippen LogP contribution in [0.4, 0.5) is 9.18 Å². The highest BCUT2D eigenvalue weighted by atomic mass is 19.1. The molecule has 1 aliphatic heterocycles. The van der Waals surface area contributed by atoms with Crippen molar-refractivity contribution in [2.75, 3.05) is 27.2 Å². The van der Waals surface area contributed by atoms with E-state index in [1.165, 1.54) is 6.07 Å². The molecule has 110 valence electrons. The maximum absolute atomic E-state index is 13.1. The summed E-state index contributed by atoms with van der Waals surface area (Å²) < 4.78 is 13.1. The first-order chi connectivity index (χ1) is 9.56. The van der Waals surface area contributed by atoms with Crippen molar-refractivity contribution in [3.8, 4) is 0 Å². The fraction of sp³-hybridized carbons (Fsp3) is 0.533. The van der Waals surface area contributed by atoms with E-state index in [9.17, 15) is 9.18 Å². The Morgan fingerprint density at radius 2 is 2.10 bits per heavy atom. The van der Waals surface area contributed by atoms with E-state index in [1.54, 1.807) is 31.1 Å². The molecule has 1 N–H and O–H groups in total. The van der Waals surface area contributed by atoms with Gasteiger partial charge in [-0.25, -0.2) is 9.18 Å². The van der Waals surface area contributed by atoms with Gasteiger partial charge in [-0.05, 0) is 30.5 Å². The molecule has 0 radical (unpaired) electrons. The van der Waals surface area contributed by atoms with Crippen LogP contribution >= 0.6 is 0 Å². The number of halogens is 1. The molecule has 0 unspecified atom stereocenters. The fourth-order valence-electron chi connectivity index (χ4n) is 2.47. The van der Waals surface area contributed by atoms with Crippen LogP contribution in [-0.4, -0.2) is 49.1 Å². The van der Waals surface area contributed by atoms with Gasteiger partial charge in [0, 0.05) is 39.8 Å². The predicted molar refractivity (Wildman–Crippen MR) is 76.9 cm³/mol. The number of carbonyl (C=O) groups is 1. The smallest absolute Gasteiger partial charge is 0.319 e. The first-order valence-corrected chi connectivity index (χ1v) is 7.00. The molecule has 2 rings (SSSR count). The summed E-state index contributed by atoms with van der Waals surface area (Å²) in [5.41, 5.74) is 0.955. The number of nitrogens with one attached hydrogen (secondary N) is 1. The summed E-state index contributed by atoms with van der Waals surface area (Å²) in [4.78, 5) is 15.3. The number of urea groups is 1. The van der Waals surface area contributed by atoms with Crippen LogP contribution in [0.25, 0.3) is 0 Å². The maximum atomic E-state index is 13.1. The molecule has 2 amide bonds. The lowest BCUT2D eigenvalue weighted by atomic mass is 10.0. The van der Waals surface area contributed by atoms with Gasteiger partial charge in [-0.15, -0.1) is 0 Å². The van der Waals surface area contributed by atoms with Gasteiger partial charge >= 0.3 is 6.03 Å². The molecule has 1 aromatic rings. The minimum atomic E-state index is -0.198. The van der Waals surface area contributed by atoms with Crippen LogP contribution in [0.5, 0.6) is 0 Å². The second kappa shape index (κ2) is 6.70. The lowest BCUT2D eigenvalue weighted by Gasteiger charge is -2.34. The normalized spacial score (nSPS) is 16.2. The summed E-state index contributed by atoms with van der Waals surface area (Å²) in [6.45, 7) is 2.22. The average Bonchev–Trinajstić information content (AvgIpc) is 2.45. The van der Waals surface area contributed by atoms with Gasteiger partial charge < -0.3 is 15.1 Å². The van der Waals surface area contributed by atoms with E-state index in [4.69, 9.17) is 0 Å². The van der Waals surface area contributed by atoms with Crippen LogP contribution in [0.2, 0.25) is 0 Å². The summed E-state index contributed by atoms with van der Waals surface area (Å²) in [5.74, 6) is -0.198. The molecule has 1 fully saturated rings. The van der Waals surface area contributed by atoms with Gasteiger partial charge in [0.15, 0.2) is 0 Å². The Labute approximate surface area is 119 Å². The Balaban J connectivity index is 1.76. The fourth-order valence-corrected chi connectivity index (χ4v) is 2.47. The van der Waals surface area contributed by atoms with Gasteiger partial charge in [-0.1, -0.05) is 12.1 Å². The third-order valence-corrected chi connectivity index (χ3v) is 3.63. The van der Waals surface area contributed by atoms with E-state index in [0.29, 0.717) is 12.6 Å². The molecule has 5 heteroatoms. The molecule has 1 heterocycles. The van der Waals surface area contributed by atoms with Crippen molar-refractivity contribution in [3.05, 3.63) is 35.6 Å². The van der Waals surface area contributed by atoms with E-state index in [-0.39, 0.29) is 11.8 Å². The number of amides is 2. The van der Waals surface area contributed by atoms with Crippen LogP contribution in [-0.2, 0) is 6.54 Å². The topological polar surface area (TPSA) is 35.6 Å². The minimum Gasteiger partial charge on any atom is -0.331 e. The zero-order chi connectivity index (χ0) is 14.5. The summed E-state index contributed by atoms with van der Waals surface area (Å²) in [6, 6.07) is 7.12. The Hall–Kier alpha value is -1.62. The summed E-state index contributed by atoms with van der Waals surface area (Å²) in [6.07, 6.45) is 1.88. The summed E-state index contributed by atoms with van der Waals surface area (Å²) in [7, 11) is 3.55. The zero-order valence-corrected chi connectivity index (χ0v) is 12.1. The van der Waals surface area contributed by atoms with E-state index in [2.05, 4.69) is 5.32 Å². The van der Waals surface area contributed by atoms with Crippen molar-refractivity contribution in [2.45, 2.75) is 25.4 Å². The van der Waals surface area contributed by atoms with Crippen molar-refractivity contribution >= 4 is 6.03 Å². The second-order valence-electron chi connectivity index (χ2n) is 5.45. The Morgan fingerprint density at radius 1 is 1.40 bits per heavy atom. The van der Waals surface area contributed by atoms with Crippen molar-refractivity contribution in [3.63, 3.8) is 0 Å². The minimum absolute atomic E-state index is 0.0774. The summed E-state index contributed by atoms with van der Waals surface area (Å²) in [5, 5.41) is 3.44. The van der Waals surface area contributed by atoms with Crippen molar-refractivity contribution in [2.24, 2.45) is 0 Å². The van der Waals surface area contributed by atoms with E-state index in [1.807, 2.05) is 11.0 Å².